The molecule has 3 aromatic rings. The normalized spacial score (nSPS) is 11.0. The lowest BCUT2D eigenvalue weighted by Gasteiger charge is -2.05. The van der Waals surface area contributed by atoms with Gasteiger partial charge in [-0.25, -0.2) is 9.97 Å². The van der Waals surface area contributed by atoms with Gasteiger partial charge in [-0.3, -0.25) is 14.5 Å². The van der Waals surface area contributed by atoms with Gasteiger partial charge < -0.3 is 0 Å². The van der Waals surface area contributed by atoms with E-state index in [1.165, 1.54) is 10.9 Å². The Morgan fingerprint density at radius 3 is 2.95 bits per heavy atom. The van der Waals surface area contributed by atoms with Crippen molar-refractivity contribution in [2.75, 3.05) is 0 Å². The number of benzene rings is 1. The van der Waals surface area contributed by atoms with E-state index in [1.54, 1.807) is 6.33 Å². The first-order chi connectivity index (χ1) is 9.28. The molecule has 0 spiro atoms. The van der Waals surface area contributed by atoms with Crippen LogP contribution in [0.1, 0.15) is 18.3 Å². The Bertz CT molecular complexity index is 760. The van der Waals surface area contributed by atoms with Crippen molar-refractivity contribution in [3.8, 4) is 0 Å². The maximum Gasteiger partial charge on any atom is 0.261 e. The van der Waals surface area contributed by atoms with E-state index in [0.29, 0.717) is 17.8 Å². The summed E-state index contributed by atoms with van der Waals surface area (Å²) in [6.07, 6.45) is 3.86. The number of nitrogens with zero attached hydrogens (tertiary/aromatic N) is 4. The van der Waals surface area contributed by atoms with E-state index in [4.69, 9.17) is 0 Å². The molecule has 0 saturated heterocycles. The van der Waals surface area contributed by atoms with E-state index in [9.17, 15) is 4.79 Å². The minimum Gasteiger partial charge on any atom is -0.291 e. The number of nitrogens with one attached hydrogen (secondary N) is 1. The average molecular weight is 255 g/mol. The molecule has 6 heteroatoms. The van der Waals surface area contributed by atoms with Gasteiger partial charge in [-0.15, -0.1) is 0 Å². The molecule has 0 aliphatic carbocycles. The van der Waals surface area contributed by atoms with Crippen molar-refractivity contribution in [1.82, 2.24) is 24.7 Å². The first-order valence-corrected chi connectivity index (χ1v) is 6.10. The highest BCUT2D eigenvalue weighted by Gasteiger charge is 2.06. The van der Waals surface area contributed by atoms with Crippen molar-refractivity contribution < 1.29 is 0 Å². The quantitative estimate of drug-likeness (QED) is 0.761. The SMILES string of the molecule is CCc1ccc2ncn(Cc3ncn[nH]3)c(=O)c2c1. The number of fused-ring (bicyclic) bond motifs is 1. The fourth-order valence-electron chi connectivity index (χ4n) is 2.01. The molecular weight excluding hydrogens is 242 g/mol. The summed E-state index contributed by atoms with van der Waals surface area (Å²) >= 11 is 0. The van der Waals surface area contributed by atoms with Crippen LogP contribution in [0.2, 0.25) is 0 Å². The Morgan fingerprint density at radius 2 is 2.21 bits per heavy atom. The van der Waals surface area contributed by atoms with Crippen LogP contribution in [0.3, 0.4) is 0 Å². The van der Waals surface area contributed by atoms with Gasteiger partial charge in [-0.05, 0) is 24.1 Å². The number of aryl methyl sites for hydroxylation is 1. The molecule has 6 nitrogen and oxygen atoms in total. The highest BCUT2D eigenvalue weighted by Crippen LogP contribution is 2.10. The number of rotatable bonds is 3. The monoisotopic (exact) mass is 255 g/mol. The van der Waals surface area contributed by atoms with Crippen LogP contribution in [0.25, 0.3) is 10.9 Å². The van der Waals surface area contributed by atoms with Crippen molar-refractivity contribution in [2.24, 2.45) is 0 Å². The van der Waals surface area contributed by atoms with Gasteiger partial charge in [0.05, 0.1) is 23.8 Å². The van der Waals surface area contributed by atoms with Crippen molar-refractivity contribution in [3.05, 3.63) is 52.6 Å². The lowest BCUT2D eigenvalue weighted by atomic mass is 10.1. The molecule has 96 valence electrons. The van der Waals surface area contributed by atoms with E-state index in [2.05, 4.69) is 27.1 Å². The Kier molecular flexibility index (Phi) is 2.83. The summed E-state index contributed by atoms with van der Waals surface area (Å²) < 4.78 is 1.53. The first-order valence-electron chi connectivity index (χ1n) is 6.10. The maximum absolute atomic E-state index is 12.4. The van der Waals surface area contributed by atoms with Crippen LogP contribution in [-0.4, -0.2) is 24.7 Å². The molecule has 2 aromatic heterocycles. The molecule has 0 radical (unpaired) electrons. The van der Waals surface area contributed by atoms with Gasteiger partial charge in [0.1, 0.15) is 12.2 Å². The molecule has 1 N–H and O–H groups in total. The zero-order chi connectivity index (χ0) is 13.2. The van der Waals surface area contributed by atoms with Crippen LogP contribution in [-0.2, 0) is 13.0 Å². The largest absolute Gasteiger partial charge is 0.291 e. The molecule has 0 saturated carbocycles. The van der Waals surface area contributed by atoms with Crippen molar-refractivity contribution >= 4 is 10.9 Å². The molecule has 0 atom stereocenters. The summed E-state index contributed by atoms with van der Waals surface area (Å²) in [6.45, 7) is 2.41. The van der Waals surface area contributed by atoms with Crippen LogP contribution in [0.4, 0.5) is 0 Å². The van der Waals surface area contributed by atoms with Gasteiger partial charge in [0.15, 0.2) is 0 Å². The second kappa shape index (κ2) is 4.64. The Morgan fingerprint density at radius 1 is 1.32 bits per heavy atom. The lowest BCUT2D eigenvalue weighted by molar-refractivity contribution is 0.709. The molecule has 0 fully saturated rings. The summed E-state index contributed by atoms with van der Waals surface area (Å²) in [5.41, 5.74) is 1.79. The molecule has 3 rings (SSSR count). The fraction of sp³-hybridized carbons (Fsp3) is 0.231. The van der Waals surface area contributed by atoms with Gasteiger partial charge in [-0.1, -0.05) is 13.0 Å². The topological polar surface area (TPSA) is 76.5 Å². The smallest absolute Gasteiger partial charge is 0.261 e. The average Bonchev–Trinajstić information content (AvgIpc) is 2.95. The second-order valence-electron chi connectivity index (χ2n) is 4.31. The van der Waals surface area contributed by atoms with E-state index >= 15 is 0 Å². The molecule has 0 unspecified atom stereocenters. The summed E-state index contributed by atoms with van der Waals surface area (Å²) in [5.74, 6) is 0.634. The third kappa shape index (κ3) is 2.12. The Labute approximate surface area is 109 Å². The van der Waals surface area contributed by atoms with Crippen LogP contribution < -0.4 is 5.56 Å². The predicted octanol–water partition coefficient (Wildman–Crippen LogP) is 1.13. The van der Waals surface area contributed by atoms with Gasteiger partial charge in [0.25, 0.3) is 5.56 Å². The van der Waals surface area contributed by atoms with Crippen molar-refractivity contribution in [2.45, 2.75) is 19.9 Å². The number of H-pyrrole nitrogens is 1. The van der Waals surface area contributed by atoms with Gasteiger partial charge in [-0.2, -0.15) is 5.10 Å². The van der Waals surface area contributed by atoms with Gasteiger partial charge in [0.2, 0.25) is 0 Å². The van der Waals surface area contributed by atoms with E-state index in [-0.39, 0.29) is 5.56 Å². The number of hydrogen-bond donors (Lipinski definition) is 1. The van der Waals surface area contributed by atoms with E-state index in [1.807, 2.05) is 18.2 Å². The molecular formula is C13H13N5O. The van der Waals surface area contributed by atoms with E-state index < -0.39 is 0 Å². The molecule has 2 heterocycles. The molecule has 0 bridgehead atoms. The summed E-state index contributed by atoms with van der Waals surface area (Å²) in [5, 5.41) is 7.14. The third-order valence-electron chi connectivity index (χ3n) is 3.08. The molecule has 19 heavy (non-hydrogen) atoms. The fourth-order valence-corrected chi connectivity index (χ4v) is 2.01. The zero-order valence-corrected chi connectivity index (χ0v) is 10.5. The summed E-state index contributed by atoms with van der Waals surface area (Å²) in [6, 6.07) is 5.78. The zero-order valence-electron chi connectivity index (χ0n) is 10.5. The molecule has 0 aliphatic rings. The predicted molar refractivity (Wildman–Crippen MR) is 70.9 cm³/mol. The minimum atomic E-state index is -0.0586. The van der Waals surface area contributed by atoms with Crippen molar-refractivity contribution in [3.63, 3.8) is 0 Å². The highest BCUT2D eigenvalue weighted by molar-refractivity contribution is 5.78. The van der Waals surface area contributed by atoms with Crippen LogP contribution >= 0.6 is 0 Å². The minimum absolute atomic E-state index is 0.0586. The standard InChI is InChI=1S/C13H13N5O/c1-2-9-3-4-11-10(5-9)13(19)18(8-15-11)6-12-14-7-16-17-12/h3-5,7-8H,2,6H2,1H3,(H,14,16,17). The molecule has 0 amide bonds. The van der Waals surface area contributed by atoms with Gasteiger partial charge >= 0.3 is 0 Å². The maximum atomic E-state index is 12.4. The highest BCUT2D eigenvalue weighted by atomic mass is 16.1. The van der Waals surface area contributed by atoms with Gasteiger partial charge in [0, 0.05) is 0 Å². The molecule has 1 aromatic carbocycles. The second-order valence-corrected chi connectivity index (χ2v) is 4.31. The Hall–Kier alpha value is -2.50. The number of aromatic amines is 1. The third-order valence-corrected chi connectivity index (χ3v) is 3.08. The first kappa shape index (κ1) is 11.6. The Balaban J connectivity index is 2.11. The van der Waals surface area contributed by atoms with Crippen molar-refractivity contribution in [1.29, 1.82) is 0 Å². The van der Waals surface area contributed by atoms with E-state index in [0.717, 1.165) is 17.5 Å². The summed E-state index contributed by atoms with van der Waals surface area (Å²) in [7, 11) is 0. The molecule has 0 aliphatic heterocycles. The summed E-state index contributed by atoms with van der Waals surface area (Å²) in [4.78, 5) is 20.7. The van der Waals surface area contributed by atoms with Crippen LogP contribution in [0.5, 0.6) is 0 Å². The number of aromatic nitrogens is 5. The lowest BCUT2D eigenvalue weighted by Crippen LogP contribution is -2.21. The van der Waals surface area contributed by atoms with Crippen LogP contribution in [0.15, 0.2) is 35.6 Å². The van der Waals surface area contributed by atoms with Crippen LogP contribution in [0, 0.1) is 0 Å². The number of hydrogen-bond acceptors (Lipinski definition) is 4.